The Hall–Kier alpha value is -2.51. The number of aliphatic carboxylic acids is 1. The van der Waals surface area contributed by atoms with Gasteiger partial charge in [-0.1, -0.05) is 19.8 Å². The molecule has 24 heavy (non-hydrogen) atoms. The highest BCUT2D eigenvalue weighted by atomic mass is 16.4. The molecule has 2 aromatic rings. The summed E-state index contributed by atoms with van der Waals surface area (Å²) in [5, 5.41) is 15.9. The van der Waals surface area contributed by atoms with Crippen LogP contribution in [0.15, 0.2) is 6.33 Å². The first-order valence-electron chi connectivity index (χ1n) is 8.12. The van der Waals surface area contributed by atoms with Crippen molar-refractivity contribution in [3.05, 3.63) is 23.3 Å². The number of carboxylic acid groups (broad SMARTS) is 1. The summed E-state index contributed by atoms with van der Waals surface area (Å²) in [5.41, 5.74) is 2.63. The van der Waals surface area contributed by atoms with Crippen LogP contribution in [0.3, 0.4) is 0 Å². The van der Waals surface area contributed by atoms with E-state index in [1.54, 1.807) is 4.52 Å². The van der Waals surface area contributed by atoms with Gasteiger partial charge in [0.2, 0.25) is 5.91 Å². The zero-order chi connectivity index (χ0) is 17.7. The largest absolute Gasteiger partial charge is 0.480 e. The maximum absolute atomic E-state index is 12.1. The van der Waals surface area contributed by atoms with E-state index >= 15 is 0 Å². The van der Waals surface area contributed by atoms with Crippen molar-refractivity contribution < 1.29 is 14.7 Å². The number of carboxylic acids is 1. The molecular weight excluding hydrogens is 310 g/mol. The monoisotopic (exact) mass is 333 g/mol. The zero-order valence-corrected chi connectivity index (χ0v) is 14.2. The number of carbonyl (C=O) groups excluding carboxylic acids is 1. The van der Waals surface area contributed by atoms with Gasteiger partial charge in [-0.2, -0.15) is 10.1 Å². The molecule has 0 fully saturated rings. The van der Waals surface area contributed by atoms with E-state index in [4.69, 9.17) is 0 Å². The Balaban J connectivity index is 2.02. The summed E-state index contributed by atoms with van der Waals surface area (Å²) >= 11 is 0. The van der Waals surface area contributed by atoms with Crippen molar-refractivity contribution in [3.63, 3.8) is 0 Å². The number of fused-ring (bicyclic) bond motifs is 1. The Bertz CT molecular complexity index is 741. The van der Waals surface area contributed by atoms with Crippen LogP contribution in [0, 0.1) is 13.8 Å². The predicted molar refractivity (Wildman–Crippen MR) is 87.7 cm³/mol. The third-order valence-electron chi connectivity index (χ3n) is 4.07. The second-order valence-corrected chi connectivity index (χ2v) is 5.83. The van der Waals surface area contributed by atoms with E-state index in [1.165, 1.54) is 6.33 Å². The molecule has 0 saturated heterocycles. The molecule has 2 rings (SSSR count). The van der Waals surface area contributed by atoms with E-state index in [9.17, 15) is 14.7 Å². The molecule has 2 heterocycles. The summed E-state index contributed by atoms with van der Waals surface area (Å²) in [6, 6.07) is -0.824. The quantitative estimate of drug-likeness (QED) is 0.756. The van der Waals surface area contributed by atoms with E-state index in [0.717, 1.165) is 29.8 Å². The topological polar surface area (TPSA) is 109 Å². The van der Waals surface area contributed by atoms with E-state index in [2.05, 4.69) is 20.4 Å². The van der Waals surface area contributed by atoms with E-state index in [0.29, 0.717) is 18.6 Å². The van der Waals surface area contributed by atoms with E-state index in [1.807, 2.05) is 20.8 Å². The van der Waals surface area contributed by atoms with E-state index in [-0.39, 0.29) is 12.3 Å². The fraction of sp³-hybridized carbons (Fsp3) is 0.562. The second kappa shape index (κ2) is 7.85. The highest BCUT2D eigenvalue weighted by molar-refractivity contribution is 5.83. The summed E-state index contributed by atoms with van der Waals surface area (Å²) in [6.45, 7) is 5.76. The van der Waals surface area contributed by atoms with Crippen LogP contribution in [0.4, 0.5) is 0 Å². The molecule has 1 amide bonds. The molecule has 2 aromatic heterocycles. The van der Waals surface area contributed by atoms with Gasteiger partial charge in [-0.05, 0) is 32.3 Å². The first kappa shape index (κ1) is 17.8. The molecule has 0 radical (unpaired) electrons. The molecule has 0 aliphatic heterocycles. The first-order valence-corrected chi connectivity index (χ1v) is 8.12. The van der Waals surface area contributed by atoms with Gasteiger partial charge in [0.1, 0.15) is 12.4 Å². The standard InChI is InChI=1S/C16H23N5O3/c1-4-5-6-13(15(23)24)20-14(22)8-7-12-10(2)19-16-17-9-18-21(16)11(12)3/h9,13H,4-8H2,1-3H3,(H,20,22)(H,23,24)/t13-/m0/s1. The van der Waals surface area contributed by atoms with E-state index < -0.39 is 12.0 Å². The maximum Gasteiger partial charge on any atom is 0.326 e. The summed E-state index contributed by atoms with van der Waals surface area (Å²) in [7, 11) is 0. The predicted octanol–water partition coefficient (Wildman–Crippen LogP) is 1.43. The number of carbonyl (C=O) groups is 2. The molecular formula is C16H23N5O3. The van der Waals surface area contributed by atoms with Crippen LogP contribution in [-0.2, 0) is 16.0 Å². The van der Waals surface area contributed by atoms with Gasteiger partial charge in [0.15, 0.2) is 0 Å². The number of hydrogen-bond acceptors (Lipinski definition) is 5. The minimum Gasteiger partial charge on any atom is -0.480 e. The van der Waals surface area contributed by atoms with Crippen LogP contribution in [0.1, 0.15) is 49.6 Å². The highest BCUT2D eigenvalue weighted by Gasteiger charge is 2.19. The van der Waals surface area contributed by atoms with Crippen molar-refractivity contribution >= 4 is 17.7 Å². The molecule has 0 unspecified atom stereocenters. The summed E-state index contributed by atoms with van der Waals surface area (Å²) < 4.78 is 1.64. The average molecular weight is 333 g/mol. The van der Waals surface area contributed by atoms with Gasteiger partial charge in [0, 0.05) is 17.8 Å². The Morgan fingerprint density at radius 2 is 2.12 bits per heavy atom. The van der Waals surface area contributed by atoms with Gasteiger partial charge < -0.3 is 10.4 Å². The fourth-order valence-electron chi connectivity index (χ4n) is 2.69. The first-order chi connectivity index (χ1) is 11.4. The smallest absolute Gasteiger partial charge is 0.326 e. The van der Waals surface area contributed by atoms with Crippen LogP contribution in [-0.4, -0.2) is 42.6 Å². The minimum atomic E-state index is -0.991. The summed E-state index contributed by atoms with van der Waals surface area (Å²) in [5.74, 6) is -0.727. The molecule has 130 valence electrons. The van der Waals surface area contributed by atoms with Crippen molar-refractivity contribution in [1.82, 2.24) is 24.9 Å². The Morgan fingerprint density at radius 3 is 2.79 bits per heavy atom. The van der Waals surface area contributed by atoms with Crippen LogP contribution in [0.5, 0.6) is 0 Å². The second-order valence-electron chi connectivity index (χ2n) is 5.83. The molecule has 0 spiro atoms. The fourth-order valence-corrected chi connectivity index (χ4v) is 2.69. The number of nitrogens with one attached hydrogen (secondary N) is 1. The Kier molecular flexibility index (Phi) is 5.83. The van der Waals surface area contributed by atoms with Gasteiger partial charge in [0.25, 0.3) is 5.78 Å². The van der Waals surface area contributed by atoms with Crippen LogP contribution < -0.4 is 5.32 Å². The lowest BCUT2D eigenvalue weighted by atomic mass is 10.1. The zero-order valence-electron chi connectivity index (χ0n) is 14.2. The SMILES string of the molecule is CCCC[C@H](NC(=O)CCc1c(C)nc2ncnn2c1C)C(=O)O. The van der Waals surface area contributed by atoms with Crippen molar-refractivity contribution in [2.75, 3.05) is 0 Å². The van der Waals surface area contributed by atoms with Gasteiger partial charge in [-0.25, -0.2) is 14.3 Å². The van der Waals surface area contributed by atoms with Crippen LogP contribution in [0.25, 0.3) is 5.78 Å². The Labute approximate surface area is 140 Å². The number of nitrogens with zero attached hydrogens (tertiary/aromatic N) is 4. The normalized spacial score (nSPS) is 12.3. The lowest BCUT2D eigenvalue weighted by Crippen LogP contribution is -2.40. The maximum atomic E-state index is 12.1. The Morgan fingerprint density at radius 1 is 1.38 bits per heavy atom. The van der Waals surface area contributed by atoms with Crippen LogP contribution in [0.2, 0.25) is 0 Å². The third-order valence-corrected chi connectivity index (χ3v) is 4.07. The molecule has 8 nitrogen and oxygen atoms in total. The number of aryl methyl sites for hydroxylation is 2. The van der Waals surface area contributed by atoms with Crippen molar-refractivity contribution in [1.29, 1.82) is 0 Å². The van der Waals surface area contributed by atoms with Gasteiger partial charge in [-0.15, -0.1) is 0 Å². The summed E-state index contributed by atoms with van der Waals surface area (Å²) in [6.07, 6.45) is 4.23. The number of hydrogen-bond donors (Lipinski definition) is 2. The molecule has 0 aromatic carbocycles. The van der Waals surface area contributed by atoms with Crippen molar-refractivity contribution in [2.24, 2.45) is 0 Å². The lowest BCUT2D eigenvalue weighted by Gasteiger charge is -2.15. The van der Waals surface area contributed by atoms with Gasteiger partial charge in [-0.3, -0.25) is 4.79 Å². The number of amides is 1. The van der Waals surface area contributed by atoms with Crippen molar-refractivity contribution in [3.8, 4) is 0 Å². The highest BCUT2D eigenvalue weighted by Crippen LogP contribution is 2.15. The molecule has 0 saturated carbocycles. The van der Waals surface area contributed by atoms with Gasteiger partial charge in [0.05, 0.1) is 0 Å². The average Bonchev–Trinajstić information content (AvgIpc) is 2.99. The molecule has 0 aliphatic carbocycles. The molecule has 0 aliphatic rings. The number of aromatic nitrogens is 4. The minimum absolute atomic E-state index is 0.208. The number of unbranched alkanes of at least 4 members (excludes halogenated alkanes) is 1. The van der Waals surface area contributed by atoms with Gasteiger partial charge >= 0.3 is 5.97 Å². The van der Waals surface area contributed by atoms with Crippen molar-refractivity contribution in [2.45, 2.75) is 58.9 Å². The molecule has 2 N–H and O–H groups in total. The molecule has 1 atom stereocenters. The summed E-state index contributed by atoms with van der Waals surface area (Å²) in [4.78, 5) is 31.7. The lowest BCUT2D eigenvalue weighted by molar-refractivity contribution is -0.142. The molecule has 8 heteroatoms. The third kappa shape index (κ3) is 4.06. The molecule has 0 bridgehead atoms. The van der Waals surface area contributed by atoms with Crippen LogP contribution >= 0.6 is 0 Å². The number of rotatable bonds is 8.